The molecule has 7 heteroatoms. The molecule has 1 aromatic carbocycles. The van der Waals surface area contributed by atoms with Gasteiger partial charge in [-0.15, -0.1) is 0 Å². The SMILES string of the molecule is N#Cc1cn(Cc2cnccn2)c2ccc([N+](=O)[O-])cc12. The van der Waals surface area contributed by atoms with Gasteiger partial charge in [0.25, 0.3) is 5.69 Å². The lowest BCUT2D eigenvalue weighted by Crippen LogP contribution is -2.00. The molecule has 0 saturated carbocycles. The summed E-state index contributed by atoms with van der Waals surface area (Å²) in [5, 5.41) is 20.6. The smallest absolute Gasteiger partial charge is 0.270 e. The first-order valence-electron chi connectivity index (χ1n) is 6.11. The molecule has 0 N–H and O–H groups in total. The zero-order chi connectivity index (χ0) is 14.8. The highest BCUT2D eigenvalue weighted by Crippen LogP contribution is 2.26. The number of hydrogen-bond donors (Lipinski definition) is 0. The first-order valence-corrected chi connectivity index (χ1v) is 6.11. The summed E-state index contributed by atoms with van der Waals surface area (Å²) in [6.45, 7) is 0.448. The molecule has 0 spiro atoms. The molecule has 0 aliphatic heterocycles. The van der Waals surface area contributed by atoms with E-state index < -0.39 is 4.92 Å². The lowest BCUT2D eigenvalue weighted by molar-refractivity contribution is -0.384. The van der Waals surface area contributed by atoms with Crippen molar-refractivity contribution in [3.8, 4) is 6.07 Å². The first-order chi connectivity index (χ1) is 10.2. The van der Waals surface area contributed by atoms with Crippen molar-refractivity contribution < 1.29 is 4.92 Å². The molecule has 0 unspecified atom stereocenters. The topological polar surface area (TPSA) is 97.6 Å². The minimum absolute atomic E-state index is 0.0312. The van der Waals surface area contributed by atoms with Gasteiger partial charge in [0.15, 0.2) is 0 Å². The summed E-state index contributed by atoms with van der Waals surface area (Å²) in [7, 11) is 0. The molecule has 0 fully saturated rings. The molecule has 3 aromatic rings. The summed E-state index contributed by atoms with van der Waals surface area (Å²) < 4.78 is 1.83. The van der Waals surface area contributed by atoms with Crippen LogP contribution in [0.1, 0.15) is 11.3 Å². The van der Waals surface area contributed by atoms with Crippen LogP contribution >= 0.6 is 0 Å². The summed E-state index contributed by atoms with van der Waals surface area (Å²) >= 11 is 0. The van der Waals surface area contributed by atoms with Crippen molar-refractivity contribution in [3.05, 3.63) is 64.4 Å². The molecule has 0 amide bonds. The van der Waals surface area contributed by atoms with Crippen molar-refractivity contribution in [2.75, 3.05) is 0 Å². The van der Waals surface area contributed by atoms with Gasteiger partial charge in [0, 0.05) is 36.1 Å². The normalized spacial score (nSPS) is 10.4. The van der Waals surface area contributed by atoms with E-state index in [1.807, 2.05) is 4.57 Å². The van der Waals surface area contributed by atoms with Crippen molar-refractivity contribution in [1.29, 1.82) is 5.26 Å². The Labute approximate surface area is 119 Å². The van der Waals surface area contributed by atoms with Crippen LogP contribution in [0.4, 0.5) is 5.69 Å². The number of benzene rings is 1. The van der Waals surface area contributed by atoms with E-state index in [1.54, 1.807) is 30.9 Å². The zero-order valence-corrected chi connectivity index (χ0v) is 10.8. The largest absolute Gasteiger partial charge is 0.340 e. The van der Waals surface area contributed by atoms with Gasteiger partial charge >= 0.3 is 0 Å². The van der Waals surface area contributed by atoms with Crippen molar-refractivity contribution >= 4 is 16.6 Å². The number of nitrogens with zero attached hydrogens (tertiary/aromatic N) is 5. The number of aromatic nitrogens is 3. The van der Waals surface area contributed by atoms with Gasteiger partial charge in [0.05, 0.1) is 34.4 Å². The predicted molar refractivity (Wildman–Crippen MR) is 74.4 cm³/mol. The fourth-order valence-electron chi connectivity index (χ4n) is 2.20. The number of nitriles is 1. The van der Waals surface area contributed by atoms with E-state index in [1.165, 1.54) is 12.1 Å². The van der Waals surface area contributed by atoms with Crippen LogP contribution in [-0.4, -0.2) is 19.5 Å². The van der Waals surface area contributed by atoms with E-state index >= 15 is 0 Å². The summed E-state index contributed by atoms with van der Waals surface area (Å²) in [6.07, 6.45) is 6.49. The van der Waals surface area contributed by atoms with E-state index in [0.29, 0.717) is 17.5 Å². The van der Waals surface area contributed by atoms with Gasteiger partial charge in [0.2, 0.25) is 0 Å². The van der Waals surface area contributed by atoms with Gasteiger partial charge in [-0.3, -0.25) is 20.1 Å². The van der Waals surface area contributed by atoms with Crippen molar-refractivity contribution in [2.45, 2.75) is 6.54 Å². The van der Waals surface area contributed by atoms with Crippen molar-refractivity contribution in [2.24, 2.45) is 0 Å². The Hall–Kier alpha value is -3.27. The van der Waals surface area contributed by atoms with Crippen LogP contribution in [0.25, 0.3) is 10.9 Å². The molecule has 0 bridgehead atoms. The third-order valence-electron chi connectivity index (χ3n) is 3.14. The van der Waals surface area contributed by atoms with Crippen LogP contribution in [-0.2, 0) is 6.54 Å². The second-order valence-electron chi connectivity index (χ2n) is 4.44. The summed E-state index contributed by atoms with van der Waals surface area (Å²) in [6, 6.07) is 6.55. The average Bonchev–Trinajstić information content (AvgIpc) is 2.85. The lowest BCUT2D eigenvalue weighted by Gasteiger charge is -2.03. The quantitative estimate of drug-likeness (QED) is 0.541. The number of fused-ring (bicyclic) bond motifs is 1. The summed E-state index contributed by atoms with van der Waals surface area (Å²) in [4.78, 5) is 18.6. The molecule has 0 atom stereocenters. The maximum Gasteiger partial charge on any atom is 0.270 e. The van der Waals surface area contributed by atoms with Crippen LogP contribution in [0.3, 0.4) is 0 Å². The fourth-order valence-corrected chi connectivity index (χ4v) is 2.20. The molecular weight excluding hydrogens is 270 g/mol. The average molecular weight is 279 g/mol. The zero-order valence-electron chi connectivity index (χ0n) is 10.8. The number of rotatable bonds is 3. The van der Waals surface area contributed by atoms with E-state index in [4.69, 9.17) is 0 Å². The maximum absolute atomic E-state index is 10.8. The summed E-state index contributed by atoms with van der Waals surface area (Å²) in [5.74, 6) is 0. The van der Waals surface area contributed by atoms with Gasteiger partial charge in [-0.25, -0.2) is 0 Å². The number of nitro groups is 1. The van der Waals surface area contributed by atoms with Crippen molar-refractivity contribution in [1.82, 2.24) is 14.5 Å². The highest BCUT2D eigenvalue weighted by atomic mass is 16.6. The van der Waals surface area contributed by atoms with Gasteiger partial charge < -0.3 is 4.57 Å². The lowest BCUT2D eigenvalue weighted by atomic mass is 10.2. The molecule has 0 radical (unpaired) electrons. The van der Waals surface area contributed by atoms with E-state index in [-0.39, 0.29) is 5.69 Å². The molecular formula is C14H9N5O2. The molecule has 0 aliphatic rings. The van der Waals surface area contributed by atoms with Crippen LogP contribution < -0.4 is 0 Å². The van der Waals surface area contributed by atoms with Gasteiger partial charge in [0.1, 0.15) is 6.07 Å². The predicted octanol–water partition coefficient (Wildman–Crippen LogP) is 2.26. The van der Waals surface area contributed by atoms with Gasteiger partial charge in [-0.05, 0) is 6.07 Å². The standard InChI is InChI=1S/C14H9N5O2/c15-6-10-8-18(9-11-7-16-3-4-17-11)14-2-1-12(19(20)21)5-13(10)14/h1-5,7-8H,9H2. The fraction of sp³-hybridized carbons (Fsp3) is 0.0714. The summed E-state index contributed by atoms with van der Waals surface area (Å²) in [5.41, 5.74) is 1.87. The Morgan fingerprint density at radius 2 is 2.24 bits per heavy atom. The van der Waals surface area contributed by atoms with Gasteiger partial charge in [-0.1, -0.05) is 0 Å². The third kappa shape index (κ3) is 2.30. The molecule has 21 heavy (non-hydrogen) atoms. The number of non-ortho nitro benzene ring substituents is 1. The Morgan fingerprint density at radius 1 is 1.38 bits per heavy atom. The maximum atomic E-state index is 10.8. The Balaban J connectivity index is 2.12. The first kappa shape index (κ1) is 12.7. The molecule has 3 rings (SSSR count). The Morgan fingerprint density at radius 3 is 2.90 bits per heavy atom. The second-order valence-corrected chi connectivity index (χ2v) is 4.44. The molecule has 102 valence electrons. The van der Waals surface area contributed by atoms with Crippen LogP contribution in [0.15, 0.2) is 43.0 Å². The highest BCUT2D eigenvalue weighted by molar-refractivity contribution is 5.88. The van der Waals surface area contributed by atoms with E-state index in [2.05, 4.69) is 16.0 Å². The van der Waals surface area contributed by atoms with Gasteiger partial charge in [-0.2, -0.15) is 5.26 Å². The van der Waals surface area contributed by atoms with Crippen LogP contribution in [0.2, 0.25) is 0 Å². The second kappa shape index (κ2) is 5.02. The highest BCUT2D eigenvalue weighted by Gasteiger charge is 2.13. The molecule has 2 heterocycles. The van der Waals surface area contributed by atoms with Crippen molar-refractivity contribution in [3.63, 3.8) is 0 Å². The number of nitro benzene ring substituents is 1. The molecule has 7 nitrogen and oxygen atoms in total. The third-order valence-corrected chi connectivity index (χ3v) is 3.14. The monoisotopic (exact) mass is 279 g/mol. The Bertz CT molecular complexity index is 864. The van der Waals surface area contributed by atoms with E-state index in [0.717, 1.165) is 11.2 Å². The van der Waals surface area contributed by atoms with Crippen LogP contribution in [0, 0.1) is 21.4 Å². The number of hydrogen-bond acceptors (Lipinski definition) is 5. The van der Waals surface area contributed by atoms with Crippen LogP contribution in [0.5, 0.6) is 0 Å². The molecule has 0 saturated heterocycles. The Kier molecular flexibility index (Phi) is 3.04. The molecule has 0 aliphatic carbocycles. The molecule has 2 aromatic heterocycles. The minimum atomic E-state index is -0.472. The van der Waals surface area contributed by atoms with E-state index in [9.17, 15) is 15.4 Å². The minimum Gasteiger partial charge on any atom is -0.340 e.